The molecule has 1 aromatic heterocycles. The summed E-state index contributed by atoms with van der Waals surface area (Å²) in [7, 11) is 0. The molecule has 0 bridgehead atoms. The predicted octanol–water partition coefficient (Wildman–Crippen LogP) is 3.65. The van der Waals surface area contributed by atoms with Crippen molar-refractivity contribution in [2.24, 2.45) is 5.73 Å². The van der Waals surface area contributed by atoms with E-state index in [-0.39, 0.29) is 5.56 Å². The molecule has 3 aromatic rings. The minimum absolute atomic E-state index is 0.135. The number of primary amides is 1. The Hall–Kier alpha value is -2.31. The minimum Gasteiger partial charge on any atom is -0.369 e. The van der Waals surface area contributed by atoms with Gasteiger partial charge >= 0.3 is 0 Å². The Morgan fingerprint density at radius 1 is 1.26 bits per heavy atom. The second kappa shape index (κ2) is 8.59. The molecule has 1 atom stereocenters. The van der Waals surface area contributed by atoms with Crippen LogP contribution in [0.4, 0.5) is 0 Å². The van der Waals surface area contributed by atoms with Gasteiger partial charge in [0.25, 0.3) is 5.56 Å². The molecular weight excluding hydrogens is 382 g/mol. The summed E-state index contributed by atoms with van der Waals surface area (Å²) in [6.45, 7) is 2.51. The van der Waals surface area contributed by atoms with Crippen molar-refractivity contribution in [3.8, 4) is 0 Å². The minimum atomic E-state index is -0.529. The van der Waals surface area contributed by atoms with Gasteiger partial charge in [-0.2, -0.15) is 0 Å². The molecule has 140 valence electrons. The van der Waals surface area contributed by atoms with Gasteiger partial charge in [0, 0.05) is 11.6 Å². The lowest BCUT2D eigenvalue weighted by atomic mass is 10.1. The van der Waals surface area contributed by atoms with Crippen LogP contribution in [0.15, 0.2) is 58.5 Å². The van der Waals surface area contributed by atoms with E-state index < -0.39 is 11.2 Å². The molecule has 2 N–H and O–H groups in total. The third-order valence-electron chi connectivity index (χ3n) is 4.16. The second-order valence-electron chi connectivity index (χ2n) is 6.21. The van der Waals surface area contributed by atoms with E-state index in [9.17, 15) is 9.59 Å². The number of thioether (sulfide) groups is 1. The predicted molar refractivity (Wildman–Crippen MR) is 110 cm³/mol. The van der Waals surface area contributed by atoms with Crippen LogP contribution >= 0.6 is 23.4 Å². The van der Waals surface area contributed by atoms with E-state index in [1.807, 2.05) is 37.3 Å². The van der Waals surface area contributed by atoms with Crippen molar-refractivity contribution < 1.29 is 4.79 Å². The van der Waals surface area contributed by atoms with Crippen molar-refractivity contribution in [2.45, 2.75) is 36.7 Å². The maximum Gasteiger partial charge on any atom is 0.262 e. The van der Waals surface area contributed by atoms with Crippen molar-refractivity contribution >= 4 is 40.2 Å². The third-order valence-corrected chi connectivity index (χ3v) is 5.60. The number of hydrogen-bond donors (Lipinski definition) is 1. The van der Waals surface area contributed by atoms with Gasteiger partial charge in [0.15, 0.2) is 5.16 Å². The summed E-state index contributed by atoms with van der Waals surface area (Å²) in [6, 6.07) is 14.7. The van der Waals surface area contributed by atoms with E-state index in [1.165, 1.54) is 11.8 Å². The Morgan fingerprint density at radius 3 is 2.67 bits per heavy atom. The molecule has 0 saturated carbocycles. The summed E-state index contributed by atoms with van der Waals surface area (Å²) in [5.74, 6) is -0.438. The Morgan fingerprint density at radius 2 is 2.00 bits per heavy atom. The van der Waals surface area contributed by atoms with E-state index in [0.29, 0.717) is 34.0 Å². The topological polar surface area (TPSA) is 78.0 Å². The van der Waals surface area contributed by atoms with Crippen molar-refractivity contribution in [1.29, 1.82) is 0 Å². The first-order valence-electron chi connectivity index (χ1n) is 8.69. The largest absolute Gasteiger partial charge is 0.369 e. The highest BCUT2D eigenvalue weighted by molar-refractivity contribution is 8.00. The second-order valence-corrected chi connectivity index (χ2v) is 7.82. The molecule has 0 aliphatic rings. The molecule has 27 heavy (non-hydrogen) atoms. The molecule has 0 radical (unpaired) electrons. The highest BCUT2D eigenvalue weighted by Crippen LogP contribution is 2.26. The number of halogens is 1. The van der Waals surface area contributed by atoms with Crippen molar-refractivity contribution in [1.82, 2.24) is 9.55 Å². The first-order chi connectivity index (χ1) is 13.0. The van der Waals surface area contributed by atoms with Crippen LogP contribution in [0.25, 0.3) is 10.9 Å². The molecular formula is C20H20ClN3O2S. The van der Waals surface area contributed by atoms with Gasteiger partial charge in [0.1, 0.15) is 0 Å². The fraction of sp³-hybridized carbons (Fsp3) is 0.250. The summed E-state index contributed by atoms with van der Waals surface area (Å²) < 4.78 is 1.61. The number of hydrogen-bond acceptors (Lipinski definition) is 4. The van der Waals surface area contributed by atoms with Crippen LogP contribution < -0.4 is 11.3 Å². The van der Waals surface area contributed by atoms with Gasteiger partial charge in [-0.05, 0) is 36.6 Å². The van der Waals surface area contributed by atoms with E-state index in [2.05, 4.69) is 4.98 Å². The van der Waals surface area contributed by atoms with Gasteiger partial charge in [-0.15, -0.1) is 0 Å². The Labute approximate surface area is 166 Å². The quantitative estimate of drug-likeness (QED) is 0.484. The van der Waals surface area contributed by atoms with E-state index in [0.717, 1.165) is 12.0 Å². The molecule has 0 aliphatic carbocycles. The monoisotopic (exact) mass is 401 g/mol. The van der Waals surface area contributed by atoms with E-state index in [1.54, 1.807) is 22.8 Å². The number of amides is 1. The fourth-order valence-electron chi connectivity index (χ4n) is 2.84. The number of nitrogens with two attached hydrogens (primary N) is 1. The van der Waals surface area contributed by atoms with E-state index in [4.69, 9.17) is 17.3 Å². The number of fused-ring (bicyclic) bond motifs is 1. The first kappa shape index (κ1) is 19.5. The van der Waals surface area contributed by atoms with Crippen molar-refractivity contribution in [3.63, 3.8) is 0 Å². The molecule has 3 rings (SSSR count). The van der Waals surface area contributed by atoms with Crippen LogP contribution in [0.1, 0.15) is 18.9 Å². The molecule has 0 fully saturated rings. The highest BCUT2D eigenvalue weighted by Gasteiger charge is 2.22. The summed E-state index contributed by atoms with van der Waals surface area (Å²) in [5, 5.41) is 0.973. The Kier molecular flexibility index (Phi) is 6.19. The zero-order chi connectivity index (χ0) is 19.4. The van der Waals surface area contributed by atoms with Crippen LogP contribution in [0.2, 0.25) is 5.02 Å². The normalized spacial score (nSPS) is 12.2. The number of nitrogens with zero attached hydrogens (tertiary/aromatic N) is 2. The molecule has 1 amide bonds. The zero-order valence-corrected chi connectivity index (χ0v) is 16.5. The average Bonchev–Trinajstić information content (AvgIpc) is 2.64. The summed E-state index contributed by atoms with van der Waals surface area (Å²) in [5.41, 5.74) is 7.02. The van der Waals surface area contributed by atoms with Gasteiger partial charge in [-0.1, -0.05) is 60.6 Å². The summed E-state index contributed by atoms with van der Waals surface area (Å²) >= 11 is 7.29. The lowest BCUT2D eigenvalue weighted by Crippen LogP contribution is -2.30. The van der Waals surface area contributed by atoms with Crippen LogP contribution in [-0.4, -0.2) is 20.7 Å². The van der Waals surface area contributed by atoms with Gasteiger partial charge in [-0.3, -0.25) is 14.2 Å². The number of benzene rings is 2. The molecule has 0 spiro atoms. The van der Waals surface area contributed by atoms with Crippen LogP contribution in [0, 0.1) is 0 Å². The molecule has 0 saturated heterocycles. The van der Waals surface area contributed by atoms with Gasteiger partial charge in [-0.25, -0.2) is 4.98 Å². The number of aromatic nitrogens is 2. The van der Waals surface area contributed by atoms with Gasteiger partial charge in [0.05, 0.1) is 16.2 Å². The average molecular weight is 402 g/mol. The third kappa shape index (κ3) is 4.51. The van der Waals surface area contributed by atoms with Crippen molar-refractivity contribution in [3.05, 3.63) is 69.5 Å². The smallest absolute Gasteiger partial charge is 0.262 e. The molecule has 2 aromatic carbocycles. The van der Waals surface area contributed by atoms with Crippen LogP contribution in [-0.2, 0) is 17.8 Å². The molecule has 7 heteroatoms. The maximum atomic E-state index is 12.9. The Balaban J connectivity index is 2.03. The van der Waals surface area contributed by atoms with E-state index >= 15 is 0 Å². The molecule has 5 nitrogen and oxygen atoms in total. The Bertz CT molecular complexity index is 1020. The van der Waals surface area contributed by atoms with Gasteiger partial charge < -0.3 is 5.73 Å². The lowest BCUT2D eigenvalue weighted by molar-refractivity contribution is -0.117. The SMILES string of the molecule is CCCn1c(S[C@H](Cc2ccccc2)C(N)=O)nc2cc(Cl)ccc2c1=O. The van der Waals surface area contributed by atoms with Crippen LogP contribution in [0.3, 0.4) is 0 Å². The summed E-state index contributed by atoms with van der Waals surface area (Å²) in [6.07, 6.45) is 1.24. The number of carbonyl (C=O) groups is 1. The van der Waals surface area contributed by atoms with Crippen LogP contribution in [0.5, 0.6) is 0 Å². The molecule has 0 unspecified atom stereocenters. The van der Waals surface area contributed by atoms with Gasteiger partial charge in [0.2, 0.25) is 5.91 Å². The maximum absolute atomic E-state index is 12.9. The fourth-order valence-corrected chi connectivity index (χ4v) is 4.11. The lowest BCUT2D eigenvalue weighted by Gasteiger charge is -2.17. The number of carbonyl (C=O) groups excluding carboxylic acids is 1. The summed E-state index contributed by atoms with van der Waals surface area (Å²) in [4.78, 5) is 29.6. The van der Waals surface area contributed by atoms with Crippen molar-refractivity contribution in [2.75, 3.05) is 0 Å². The standard InChI is InChI=1S/C20H20ClN3O2S/c1-2-10-24-19(26)15-9-8-14(21)12-16(15)23-20(24)27-17(18(22)25)11-13-6-4-3-5-7-13/h3-9,12,17H,2,10-11H2,1H3,(H2,22,25)/t17-/m1/s1. The number of rotatable bonds is 7. The highest BCUT2D eigenvalue weighted by atomic mass is 35.5. The zero-order valence-electron chi connectivity index (χ0n) is 14.9. The molecule has 1 heterocycles. The first-order valence-corrected chi connectivity index (χ1v) is 9.95. The molecule has 0 aliphatic heterocycles.